The van der Waals surface area contributed by atoms with E-state index in [0.717, 1.165) is 35.5 Å². The molecule has 3 aromatic rings. The molecule has 0 N–H and O–H groups in total. The molecule has 0 unspecified atom stereocenters. The SMILES string of the molecule is Cc1cc(C)cc(-c2ccc(OCCN(C)C)c(C(=O)C=Cc3ccccc3OCCN(C)C)c2)c1. The lowest BCUT2D eigenvalue weighted by molar-refractivity contribution is 0.104. The van der Waals surface area contributed by atoms with Crippen LogP contribution in [0.1, 0.15) is 27.0 Å². The molecule has 36 heavy (non-hydrogen) atoms. The molecule has 0 heterocycles. The number of carbonyl (C=O) groups excluding carboxylic acids is 1. The number of rotatable bonds is 12. The van der Waals surface area contributed by atoms with Gasteiger partial charge in [0.15, 0.2) is 5.78 Å². The highest BCUT2D eigenvalue weighted by Gasteiger charge is 2.14. The molecule has 0 radical (unpaired) electrons. The fourth-order valence-electron chi connectivity index (χ4n) is 3.85. The van der Waals surface area contributed by atoms with Crippen molar-refractivity contribution in [3.05, 3.63) is 89.0 Å². The largest absolute Gasteiger partial charge is 0.492 e. The Morgan fingerprint density at radius 1 is 0.750 bits per heavy atom. The molecular weight excluding hydrogens is 448 g/mol. The van der Waals surface area contributed by atoms with Crippen LogP contribution in [0.25, 0.3) is 17.2 Å². The van der Waals surface area contributed by atoms with Gasteiger partial charge in [-0.3, -0.25) is 4.79 Å². The van der Waals surface area contributed by atoms with E-state index in [9.17, 15) is 4.79 Å². The van der Waals surface area contributed by atoms with Crippen molar-refractivity contribution in [2.45, 2.75) is 13.8 Å². The zero-order valence-electron chi connectivity index (χ0n) is 22.4. The molecule has 0 aliphatic heterocycles. The first kappa shape index (κ1) is 27.2. The number of ether oxygens (including phenoxy) is 2. The quantitative estimate of drug-likeness (QED) is 0.241. The van der Waals surface area contributed by atoms with Gasteiger partial charge in [0, 0.05) is 18.7 Å². The Balaban J connectivity index is 1.90. The lowest BCUT2D eigenvalue weighted by atomic mass is 9.97. The Morgan fingerprint density at radius 2 is 1.36 bits per heavy atom. The fourth-order valence-corrected chi connectivity index (χ4v) is 3.85. The summed E-state index contributed by atoms with van der Waals surface area (Å²) in [5.41, 5.74) is 5.87. The molecular formula is C31H38N2O3. The van der Waals surface area contributed by atoms with Crippen LogP contribution in [0.5, 0.6) is 11.5 Å². The first-order chi connectivity index (χ1) is 17.2. The van der Waals surface area contributed by atoms with Crippen molar-refractivity contribution in [3.8, 4) is 22.6 Å². The van der Waals surface area contributed by atoms with Gasteiger partial charge < -0.3 is 19.3 Å². The van der Waals surface area contributed by atoms with E-state index in [0.29, 0.717) is 24.5 Å². The number of benzene rings is 3. The van der Waals surface area contributed by atoms with E-state index in [-0.39, 0.29) is 5.78 Å². The van der Waals surface area contributed by atoms with Crippen molar-refractivity contribution >= 4 is 11.9 Å². The van der Waals surface area contributed by atoms with Crippen LogP contribution in [-0.4, -0.2) is 70.1 Å². The number of para-hydroxylation sites is 1. The van der Waals surface area contributed by atoms with Gasteiger partial charge in [0.25, 0.3) is 0 Å². The predicted octanol–water partition coefficient (Wildman–Crippen LogP) is 5.75. The van der Waals surface area contributed by atoms with Crippen molar-refractivity contribution in [1.82, 2.24) is 9.80 Å². The average molecular weight is 487 g/mol. The van der Waals surface area contributed by atoms with Crippen LogP contribution in [0.4, 0.5) is 0 Å². The van der Waals surface area contributed by atoms with Gasteiger partial charge >= 0.3 is 0 Å². The zero-order chi connectivity index (χ0) is 26.1. The first-order valence-electron chi connectivity index (χ1n) is 12.3. The molecule has 0 atom stereocenters. The van der Waals surface area contributed by atoms with Gasteiger partial charge in [0.05, 0.1) is 5.56 Å². The van der Waals surface area contributed by atoms with Crippen LogP contribution < -0.4 is 9.47 Å². The average Bonchev–Trinajstić information content (AvgIpc) is 2.82. The van der Waals surface area contributed by atoms with Gasteiger partial charge in [-0.05, 0) is 83.5 Å². The number of ketones is 1. The van der Waals surface area contributed by atoms with Gasteiger partial charge in [-0.1, -0.05) is 53.6 Å². The molecule has 0 spiro atoms. The first-order valence-corrected chi connectivity index (χ1v) is 12.3. The van der Waals surface area contributed by atoms with Crippen molar-refractivity contribution in [2.24, 2.45) is 0 Å². The van der Waals surface area contributed by atoms with Gasteiger partial charge in [-0.15, -0.1) is 0 Å². The number of aryl methyl sites for hydroxylation is 2. The normalized spacial score (nSPS) is 11.4. The van der Waals surface area contributed by atoms with E-state index < -0.39 is 0 Å². The minimum atomic E-state index is -0.107. The highest BCUT2D eigenvalue weighted by Crippen LogP contribution is 2.29. The summed E-state index contributed by atoms with van der Waals surface area (Å²) < 4.78 is 12.0. The maximum Gasteiger partial charge on any atom is 0.189 e. The predicted molar refractivity (Wildman–Crippen MR) is 149 cm³/mol. The van der Waals surface area contributed by atoms with E-state index in [1.165, 1.54) is 11.1 Å². The third kappa shape index (κ3) is 8.08. The molecule has 3 aromatic carbocycles. The van der Waals surface area contributed by atoms with E-state index in [2.05, 4.69) is 41.8 Å². The van der Waals surface area contributed by atoms with Gasteiger partial charge in [-0.2, -0.15) is 0 Å². The maximum atomic E-state index is 13.4. The van der Waals surface area contributed by atoms with Crippen molar-refractivity contribution in [2.75, 3.05) is 54.5 Å². The monoisotopic (exact) mass is 486 g/mol. The topological polar surface area (TPSA) is 42.0 Å². The molecule has 0 fully saturated rings. The maximum absolute atomic E-state index is 13.4. The summed E-state index contributed by atoms with van der Waals surface area (Å²) in [6.45, 7) is 6.83. The molecule has 0 aliphatic carbocycles. The fraction of sp³-hybridized carbons (Fsp3) is 0.323. The third-order valence-corrected chi connectivity index (χ3v) is 5.73. The zero-order valence-corrected chi connectivity index (χ0v) is 22.4. The highest BCUT2D eigenvalue weighted by molar-refractivity contribution is 6.09. The van der Waals surface area contributed by atoms with Crippen molar-refractivity contribution in [3.63, 3.8) is 0 Å². The second-order valence-corrected chi connectivity index (χ2v) is 9.63. The molecule has 0 saturated heterocycles. The number of hydrogen-bond acceptors (Lipinski definition) is 5. The van der Waals surface area contributed by atoms with E-state index in [4.69, 9.17) is 9.47 Å². The van der Waals surface area contributed by atoms with Gasteiger partial charge in [0.2, 0.25) is 0 Å². The lowest BCUT2D eigenvalue weighted by Gasteiger charge is -2.15. The van der Waals surface area contributed by atoms with Crippen LogP contribution >= 0.6 is 0 Å². The Morgan fingerprint density at radius 3 is 2.00 bits per heavy atom. The molecule has 0 bridgehead atoms. The summed E-state index contributed by atoms with van der Waals surface area (Å²) in [5, 5.41) is 0. The van der Waals surface area contributed by atoms with E-state index >= 15 is 0 Å². The standard InChI is InChI=1S/C31H38N2O3/c1-23-19-24(2)21-27(20-23)26-12-14-31(36-18-16-33(5)6)28(22-26)29(34)13-11-25-9-7-8-10-30(25)35-17-15-32(3)4/h7-14,19-22H,15-18H2,1-6H3. The second-order valence-electron chi connectivity index (χ2n) is 9.63. The summed E-state index contributed by atoms with van der Waals surface area (Å²) in [6.07, 6.45) is 3.42. The highest BCUT2D eigenvalue weighted by atomic mass is 16.5. The van der Waals surface area contributed by atoms with E-state index in [1.54, 1.807) is 6.08 Å². The van der Waals surface area contributed by atoms with E-state index in [1.807, 2.05) is 76.7 Å². The van der Waals surface area contributed by atoms with Crippen LogP contribution in [-0.2, 0) is 0 Å². The number of likely N-dealkylation sites (N-methyl/N-ethyl adjacent to an activating group) is 2. The Hall–Kier alpha value is -3.41. The Labute approximate surface area is 216 Å². The minimum Gasteiger partial charge on any atom is -0.492 e. The van der Waals surface area contributed by atoms with Crippen LogP contribution in [0.3, 0.4) is 0 Å². The Bertz CT molecular complexity index is 1180. The molecule has 0 amide bonds. The van der Waals surface area contributed by atoms with Crippen LogP contribution in [0, 0.1) is 13.8 Å². The summed E-state index contributed by atoms with van der Waals surface area (Å²) in [7, 11) is 8.02. The van der Waals surface area contributed by atoms with Crippen LogP contribution in [0.15, 0.2) is 66.7 Å². The molecule has 0 aliphatic rings. The molecule has 5 heteroatoms. The summed E-state index contributed by atoms with van der Waals surface area (Å²) in [5.74, 6) is 1.24. The Kier molecular flexibility index (Phi) is 9.86. The summed E-state index contributed by atoms with van der Waals surface area (Å²) >= 11 is 0. The minimum absolute atomic E-state index is 0.107. The van der Waals surface area contributed by atoms with Crippen molar-refractivity contribution < 1.29 is 14.3 Å². The third-order valence-electron chi connectivity index (χ3n) is 5.73. The summed E-state index contributed by atoms with van der Waals surface area (Å²) in [4.78, 5) is 17.6. The second kappa shape index (κ2) is 13.1. The molecule has 190 valence electrons. The molecule has 0 aromatic heterocycles. The number of carbonyl (C=O) groups is 1. The lowest BCUT2D eigenvalue weighted by Crippen LogP contribution is -2.20. The summed E-state index contributed by atoms with van der Waals surface area (Å²) in [6, 6.07) is 20.1. The van der Waals surface area contributed by atoms with Gasteiger partial charge in [-0.25, -0.2) is 0 Å². The molecule has 5 nitrogen and oxygen atoms in total. The van der Waals surface area contributed by atoms with Gasteiger partial charge in [0.1, 0.15) is 24.7 Å². The molecule has 3 rings (SSSR count). The van der Waals surface area contributed by atoms with Crippen LogP contribution in [0.2, 0.25) is 0 Å². The molecule has 0 saturated carbocycles. The number of allylic oxidation sites excluding steroid dienone is 1. The van der Waals surface area contributed by atoms with Crippen molar-refractivity contribution in [1.29, 1.82) is 0 Å². The smallest absolute Gasteiger partial charge is 0.189 e. The number of nitrogens with zero attached hydrogens (tertiary/aromatic N) is 2. The number of hydrogen-bond donors (Lipinski definition) is 0.